The van der Waals surface area contributed by atoms with Gasteiger partial charge in [0.05, 0.1) is 0 Å². The van der Waals surface area contributed by atoms with Crippen LogP contribution in [-0.2, 0) is 0 Å². The zero-order valence-corrected chi connectivity index (χ0v) is 10.4. The maximum atomic E-state index is 3.60. The molecule has 88 valence electrons. The largest absolute Gasteiger partial charge is 0.313 e. The number of hydrogen-bond acceptors (Lipinski definition) is 2. The molecular weight excluding hydrogens is 184 g/mol. The standard InChI is InChI=1S/C13H26N2/c1-3-13(2)6-9-15(10-7-13)11-12-5-4-8-14-12/h12,14H,3-11H2,1-2H3. The predicted molar refractivity (Wildman–Crippen MR) is 65.1 cm³/mol. The molecular formula is C13H26N2. The van der Waals surface area contributed by atoms with Crippen molar-refractivity contribution in [2.45, 2.75) is 52.0 Å². The second-order valence-electron chi connectivity index (χ2n) is 5.76. The normalized spacial score (nSPS) is 32.0. The molecule has 2 heterocycles. The monoisotopic (exact) mass is 210 g/mol. The highest BCUT2D eigenvalue weighted by Gasteiger charge is 2.29. The van der Waals surface area contributed by atoms with Crippen molar-refractivity contribution < 1.29 is 0 Å². The molecule has 1 unspecified atom stereocenters. The molecule has 0 aliphatic carbocycles. The Morgan fingerprint density at radius 1 is 1.33 bits per heavy atom. The maximum absolute atomic E-state index is 3.60. The second kappa shape index (κ2) is 4.84. The fourth-order valence-corrected chi connectivity index (χ4v) is 2.85. The number of piperidine rings is 1. The first-order chi connectivity index (χ1) is 7.22. The Morgan fingerprint density at radius 3 is 2.60 bits per heavy atom. The summed E-state index contributed by atoms with van der Waals surface area (Å²) in [6, 6.07) is 0.788. The van der Waals surface area contributed by atoms with Crippen LogP contribution in [0.3, 0.4) is 0 Å². The Morgan fingerprint density at radius 2 is 2.07 bits per heavy atom. The topological polar surface area (TPSA) is 15.3 Å². The van der Waals surface area contributed by atoms with Crippen molar-refractivity contribution in [3.63, 3.8) is 0 Å². The summed E-state index contributed by atoms with van der Waals surface area (Å²) in [6.45, 7) is 9.97. The van der Waals surface area contributed by atoms with E-state index in [9.17, 15) is 0 Å². The van der Waals surface area contributed by atoms with Gasteiger partial charge in [-0.15, -0.1) is 0 Å². The number of rotatable bonds is 3. The van der Waals surface area contributed by atoms with E-state index in [-0.39, 0.29) is 0 Å². The van der Waals surface area contributed by atoms with Crippen molar-refractivity contribution in [3.8, 4) is 0 Å². The summed E-state index contributed by atoms with van der Waals surface area (Å²) in [5.74, 6) is 0. The van der Waals surface area contributed by atoms with Crippen molar-refractivity contribution >= 4 is 0 Å². The Balaban J connectivity index is 1.73. The minimum absolute atomic E-state index is 0.638. The molecule has 2 rings (SSSR count). The molecule has 0 bridgehead atoms. The Hall–Kier alpha value is -0.0800. The molecule has 0 amide bonds. The SMILES string of the molecule is CCC1(C)CCN(CC2CCCN2)CC1. The molecule has 2 saturated heterocycles. The van der Waals surface area contributed by atoms with Crippen LogP contribution < -0.4 is 5.32 Å². The Kier molecular flexibility index (Phi) is 3.68. The highest BCUT2D eigenvalue weighted by Crippen LogP contribution is 2.33. The van der Waals surface area contributed by atoms with E-state index >= 15 is 0 Å². The molecule has 2 heteroatoms. The summed E-state index contributed by atoms with van der Waals surface area (Å²) >= 11 is 0. The molecule has 0 aromatic heterocycles. The molecule has 2 nitrogen and oxygen atoms in total. The number of nitrogens with zero attached hydrogens (tertiary/aromatic N) is 1. The Labute approximate surface area is 94.4 Å². The van der Waals surface area contributed by atoms with Crippen LogP contribution in [0.1, 0.15) is 46.0 Å². The molecule has 2 aliphatic rings. The first-order valence-corrected chi connectivity index (χ1v) is 6.68. The summed E-state index contributed by atoms with van der Waals surface area (Å²) in [5.41, 5.74) is 0.638. The third-order valence-electron chi connectivity index (χ3n) is 4.56. The van der Waals surface area contributed by atoms with E-state index in [1.807, 2.05) is 0 Å². The summed E-state index contributed by atoms with van der Waals surface area (Å²) < 4.78 is 0. The quantitative estimate of drug-likeness (QED) is 0.768. The molecule has 0 aromatic rings. The molecule has 0 aromatic carbocycles. The molecule has 1 N–H and O–H groups in total. The van der Waals surface area contributed by atoms with Crippen LogP contribution in [0.4, 0.5) is 0 Å². The van der Waals surface area contributed by atoms with Crippen molar-refractivity contribution in [2.24, 2.45) is 5.41 Å². The van der Waals surface area contributed by atoms with Crippen molar-refractivity contribution in [1.29, 1.82) is 0 Å². The summed E-state index contributed by atoms with van der Waals surface area (Å²) in [7, 11) is 0. The third kappa shape index (κ3) is 2.94. The van der Waals surface area contributed by atoms with Crippen LogP contribution >= 0.6 is 0 Å². The molecule has 2 aliphatic heterocycles. The lowest BCUT2D eigenvalue weighted by Gasteiger charge is -2.39. The van der Waals surface area contributed by atoms with Gasteiger partial charge < -0.3 is 10.2 Å². The second-order valence-corrected chi connectivity index (χ2v) is 5.76. The maximum Gasteiger partial charge on any atom is 0.0195 e. The first kappa shape index (κ1) is 11.4. The summed E-state index contributed by atoms with van der Waals surface area (Å²) in [5, 5.41) is 3.60. The van der Waals surface area contributed by atoms with E-state index in [0.717, 1.165) is 6.04 Å². The van der Waals surface area contributed by atoms with Gasteiger partial charge in [-0.25, -0.2) is 0 Å². The lowest BCUT2D eigenvalue weighted by Crippen LogP contribution is -2.44. The van der Waals surface area contributed by atoms with Crippen LogP contribution in [0.15, 0.2) is 0 Å². The number of hydrogen-bond donors (Lipinski definition) is 1. The van der Waals surface area contributed by atoms with Crippen molar-refractivity contribution in [2.75, 3.05) is 26.2 Å². The highest BCUT2D eigenvalue weighted by atomic mass is 15.2. The third-order valence-corrected chi connectivity index (χ3v) is 4.56. The van der Waals surface area contributed by atoms with Gasteiger partial charge in [0.25, 0.3) is 0 Å². The number of likely N-dealkylation sites (tertiary alicyclic amines) is 1. The molecule has 15 heavy (non-hydrogen) atoms. The fourth-order valence-electron chi connectivity index (χ4n) is 2.85. The van der Waals surface area contributed by atoms with Gasteiger partial charge in [-0.05, 0) is 50.7 Å². The van der Waals surface area contributed by atoms with Crippen LogP contribution in [-0.4, -0.2) is 37.1 Å². The van der Waals surface area contributed by atoms with E-state index in [1.165, 1.54) is 58.3 Å². The van der Waals surface area contributed by atoms with Crippen LogP contribution in [0.25, 0.3) is 0 Å². The van der Waals surface area contributed by atoms with Gasteiger partial charge in [-0.3, -0.25) is 0 Å². The molecule has 0 radical (unpaired) electrons. The van der Waals surface area contributed by atoms with Crippen LogP contribution in [0, 0.1) is 5.41 Å². The van der Waals surface area contributed by atoms with Crippen molar-refractivity contribution in [3.05, 3.63) is 0 Å². The van der Waals surface area contributed by atoms with Crippen LogP contribution in [0.5, 0.6) is 0 Å². The van der Waals surface area contributed by atoms with Gasteiger partial charge in [-0.2, -0.15) is 0 Å². The Bertz CT molecular complexity index is 189. The fraction of sp³-hybridized carbons (Fsp3) is 1.00. The summed E-state index contributed by atoms with van der Waals surface area (Å²) in [4.78, 5) is 2.67. The van der Waals surface area contributed by atoms with E-state index < -0.39 is 0 Å². The summed E-state index contributed by atoms with van der Waals surface area (Å²) in [6.07, 6.45) is 6.92. The average Bonchev–Trinajstić information content (AvgIpc) is 2.75. The molecule has 1 atom stereocenters. The van der Waals surface area contributed by atoms with Crippen molar-refractivity contribution in [1.82, 2.24) is 10.2 Å². The molecule has 2 fully saturated rings. The minimum atomic E-state index is 0.638. The zero-order chi connectivity index (χ0) is 10.7. The number of nitrogens with one attached hydrogen (secondary N) is 1. The van der Waals surface area contributed by atoms with E-state index in [4.69, 9.17) is 0 Å². The van der Waals surface area contributed by atoms with Gasteiger partial charge in [0.2, 0.25) is 0 Å². The van der Waals surface area contributed by atoms with E-state index in [0.29, 0.717) is 5.41 Å². The first-order valence-electron chi connectivity index (χ1n) is 6.68. The van der Waals surface area contributed by atoms with Gasteiger partial charge in [0.15, 0.2) is 0 Å². The van der Waals surface area contributed by atoms with Crippen LogP contribution in [0.2, 0.25) is 0 Å². The minimum Gasteiger partial charge on any atom is -0.313 e. The predicted octanol–water partition coefficient (Wildman–Crippen LogP) is 2.25. The van der Waals surface area contributed by atoms with Gasteiger partial charge >= 0.3 is 0 Å². The molecule has 0 saturated carbocycles. The van der Waals surface area contributed by atoms with Gasteiger partial charge in [0, 0.05) is 12.6 Å². The van der Waals surface area contributed by atoms with E-state index in [2.05, 4.69) is 24.1 Å². The lowest BCUT2D eigenvalue weighted by atomic mass is 9.78. The smallest absolute Gasteiger partial charge is 0.0195 e. The highest BCUT2D eigenvalue weighted by molar-refractivity contribution is 4.84. The van der Waals surface area contributed by atoms with Gasteiger partial charge in [-0.1, -0.05) is 20.3 Å². The molecule has 0 spiro atoms. The van der Waals surface area contributed by atoms with E-state index in [1.54, 1.807) is 0 Å². The average molecular weight is 210 g/mol. The van der Waals surface area contributed by atoms with Gasteiger partial charge in [0.1, 0.15) is 0 Å². The zero-order valence-electron chi connectivity index (χ0n) is 10.4. The lowest BCUT2D eigenvalue weighted by molar-refractivity contribution is 0.108.